The van der Waals surface area contributed by atoms with E-state index in [2.05, 4.69) is 44.0 Å². The Hall–Kier alpha value is -2.75. The van der Waals surface area contributed by atoms with Crippen LogP contribution in [0.2, 0.25) is 0 Å². The molecule has 0 radical (unpaired) electrons. The molecule has 4 rings (SSSR count). The molecular formula is C21H28N6O3. The van der Waals surface area contributed by atoms with E-state index in [0.717, 1.165) is 38.5 Å². The predicted molar refractivity (Wildman–Crippen MR) is 114 cm³/mol. The molecule has 0 bridgehead atoms. The summed E-state index contributed by atoms with van der Waals surface area (Å²) in [7, 11) is 3.26. The molecule has 0 spiro atoms. The number of rotatable bonds is 7. The highest BCUT2D eigenvalue weighted by Gasteiger charge is 2.22. The molecule has 0 unspecified atom stereocenters. The fourth-order valence-electron chi connectivity index (χ4n) is 3.97. The molecule has 1 N–H and O–H groups in total. The van der Waals surface area contributed by atoms with Gasteiger partial charge in [-0.15, -0.1) is 0 Å². The largest absolute Gasteiger partial charge is 0.383 e. The van der Waals surface area contributed by atoms with Crippen LogP contribution in [-0.2, 0) is 31.4 Å². The second-order valence-electron chi connectivity index (χ2n) is 7.70. The zero-order valence-corrected chi connectivity index (χ0v) is 17.5. The normalized spacial score (nSPS) is 15.8. The SMILES string of the molecule is COCCn1c(CN2CCN(Cc3ccccc3)CC2)nc2c1c(=O)[nH]c(=O)n2C. The first-order valence-corrected chi connectivity index (χ1v) is 10.2. The van der Waals surface area contributed by atoms with Crippen LogP contribution in [0.3, 0.4) is 0 Å². The van der Waals surface area contributed by atoms with Crippen LogP contribution in [0.4, 0.5) is 0 Å². The van der Waals surface area contributed by atoms with Crippen molar-refractivity contribution in [2.45, 2.75) is 19.6 Å². The number of fused-ring (bicyclic) bond motifs is 1. The number of nitrogens with zero attached hydrogens (tertiary/aromatic N) is 5. The second-order valence-corrected chi connectivity index (χ2v) is 7.70. The van der Waals surface area contributed by atoms with Crippen LogP contribution < -0.4 is 11.2 Å². The monoisotopic (exact) mass is 412 g/mol. The van der Waals surface area contributed by atoms with Crippen molar-refractivity contribution in [2.24, 2.45) is 7.05 Å². The Balaban J connectivity index is 1.51. The number of hydrogen-bond acceptors (Lipinski definition) is 6. The molecule has 0 amide bonds. The van der Waals surface area contributed by atoms with E-state index in [9.17, 15) is 9.59 Å². The molecule has 1 aliphatic rings. The van der Waals surface area contributed by atoms with E-state index < -0.39 is 11.2 Å². The Morgan fingerprint density at radius 1 is 1.03 bits per heavy atom. The minimum absolute atomic E-state index is 0.407. The first-order chi connectivity index (χ1) is 14.6. The molecule has 3 aromatic rings. The lowest BCUT2D eigenvalue weighted by atomic mass is 10.2. The predicted octanol–water partition coefficient (Wildman–Crippen LogP) is 0.388. The minimum atomic E-state index is -0.454. The van der Waals surface area contributed by atoms with Crippen LogP contribution in [0.25, 0.3) is 11.2 Å². The van der Waals surface area contributed by atoms with Crippen LogP contribution in [0.5, 0.6) is 0 Å². The van der Waals surface area contributed by atoms with Crippen LogP contribution in [0, 0.1) is 0 Å². The average Bonchev–Trinajstić information content (AvgIpc) is 3.11. The number of H-pyrrole nitrogens is 1. The van der Waals surface area contributed by atoms with E-state index in [-0.39, 0.29) is 0 Å². The maximum atomic E-state index is 12.5. The summed E-state index contributed by atoms with van der Waals surface area (Å²) in [6, 6.07) is 10.5. The average molecular weight is 412 g/mol. The van der Waals surface area contributed by atoms with Crippen molar-refractivity contribution in [3.63, 3.8) is 0 Å². The molecule has 2 aromatic heterocycles. The van der Waals surface area contributed by atoms with Gasteiger partial charge in [-0.2, -0.15) is 0 Å². The van der Waals surface area contributed by atoms with Gasteiger partial charge in [-0.3, -0.25) is 24.1 Å². The number of benzene rings is 1. The molecule has 3 heterocycles. The van der Waals surface area contributed by atoms with Crippen molar-refractivity contribution in [1.82, 2.24) is 28.9 Å². The van der Waals surface area contributed by atoms with E-state index in [1.165, 1.54) is 10.1 Å². The van der Waals surface area contributed by atoms with Gasteiger partial charge in [0.25, 0.3) is 5.56 Å². The Bertz CT molecular complexity index is 1110. The first kappa shape index (κ1) is 20.5. The van der Waals surface area contributed by atoms with Gasteiger partial charge in [0.1, 0.15) is 5.82 Å². The molecule has 1 aromatic carbocycles. The van der Waals surface area contributed by atoms with E-state index in [0.29, 0.717) is 30.9 Å². The summed E-state index contributed by atoms with van der Waals surface area (Å²) in [5, 5.41) is 0. The molecule has 1 saturated heterocycles. The van der Waals surface area contributed by atoms with E-state index in [4.69, 9.17) is 4.74 Å². The number of hydrogen-bond donors (Lipinski definition) is 1. The Labute approximate surface area is 174 Å². The van der Waals surface area contributed by atoms with Crippen molar-refractivity contribution in [1.29, 1.82) is 0 Å². The van der Waals surface area contributed by atoms with Gasteiger partial charge in [0.15, 0.2) is 11.2 Å². The lowest BCUT2D eigenvalue weighted by Gasteiger charge is -2.34. The maximum Gasteiger partial charge on any atom is 0.329 e. The van der Waals surface area contributed by atoms with Crippen LogP contribution in [0.1, 0.15) is 11.4 Å². The topological polar surface area (TPSA) is 88.4 Å². The minimum Gasteiger partial charge on any atom is -0.383 e. The number of imidazole rings is 1. The summed E-state index contributed by atoms with van der Waals surface area (Å²) in [4.78, 5) is 36.3. The summed E-state index contributed by atoms with van der Waals surface area (Å²) >= 11 is 0. The number of aromatic nitrogens is 4. The van der Waals surface area contributed by atoms with Crippen molar-refractivity contribution in [3.05, 3.63) is 62.6 Å². The molecule has 1 aliphatic heterocycles. The van der Waals surface area contributed by atoms with Gasteiger partial charge in [-0.1, -0.05) is 30.3 Å². The quantitative estimate of drug-likeness (QED) is 0.604. The van der Waals surface area contributed by atoms with E-state index >= 15 is 0 Å². The fraction of sp³-hybridized carbons (Fsp3) is 0.476. The lowest BCUT2D eigenvalue weighted by molar-refractivity contribution is 0.118. The van der Waals surface area contributed by atoms with Gasteiger partial charge in [-0.05, 0) is 5.56 Å². The molecule has 0 atom stereocenters. The summed E-state index contributed by atoms with van der Waals surface area (Å²) in [6.45, 7) is 6.37. The number of ether oxygens (including phenoxy) is 1. The van der Waals surface area contributed by atoms with Crippen molar-refractivity contribution >= 4 is 11.2 Å². The number of aromatic amines is 1. The summed E-state index contributed by atoms with van der Waals surface area (Å²) in [5.74, 6) is 0.783. The highest BCUT2D eigenvalue weighted by atomic mass is 16.5. The van der Waals surface area contributed by atoms with E-state index in [1.807, 2.05) is 10.6 Å². The summed E-state index contributed by atoms with van der Waals surface area (Å²) in [5.41, 5.74) is 1.30. The van der Waals surface area contributed by atoms with Gasteiger partial charge < -0.3 is 9.30 Å². The number of aryl methyl sites for hydroxylation is 1. The van der Waals surface area contributed by atoms with Crippen LogP contribution in [0.15, 0.2) is 39.9 Å². The number of nitrogens with one attached hydrogen (secondary N) is 1. The molecule has 9 heteroatoms. The standard InChI is InChI=1S/C21H28N6O3/c1-24-19-18(20(28)23-21(24)29)27(12-13-30-2)17(22-19)15-26-10-8-25(9-11-26)14-16-6-4-3-5-7-16/h3-7H,8-15H2,1-2H3,(H,23,28,29). The van der Waals surface area contributed by atoms with Crippen molar-refractivity contribution in [2.75, 3.05) is 39.9 Å². The maximum absolute atomic E-state index is 12.5. The summed E-state index contributed by atoms with van der Waals surface area (Å²) < 4.78 is 8.50. The molecule has 0 aliphatic carbocycles. The number of methoxy groups -OCH3 is 1. The van der Waals surface area contributed by atoms with Gasteiger partial charge in [-0.25, -0.2) is 9.78 Å². The molecule has 1 fully saturated rings. The third-order valence-corrected chi connectivity index (χ3v) is 5.68. The number of piperazine rings is 1. The third-order valence-electron chi connectivity index (χ3n) is 5.68. The zero-order valence-electron chi connectivity index (χ0n) is 17.5. The van der Waals surface area contributed by atoms with E-state index in [1.54, 1.807) is 14.2 Å². The second kappa shape index (κ2) is 8.95. The Morgan fingerprint density at radius 3 is 2.37 bits per heavy atom. The molecule has 30 heavy (non-hydrogen) atoms. The first-order valence-electron chi connectivity index (χ1n) is 10.2. The van der Waals surface area contributed by atoms with Gasteiger partial charge in [0, 0.05) is 53.4 Å². The van der Waals surface area contributed by atoms with Crippen molar-refractivity contribution < 1.29 is 4.74 Å². The highest BCUT2D eigenvalue weighted by Crippen LogP contribution is 2.15. The van der Waals surface area contributed by atoms with Gasteiger partial charge in [0.2, 0.25) is 0 Å². The third kappa shape index (κ3) is 4.23. The molecular weight excluding hydrogens is 384 g/mol. The Kier molecular flexibility index (Phi) is 6.12. The van der Waals surface area contributed by atoms with Crippen molar-refractivity contribution in [3.8, 4) is 0 Å². The molecule has 9 nitrogen and oxygen atoms in total. The van der Waals surface area contributed by atoms with Crippen LogP contribution >= 0.6 is 0 Å². The van der Waals surface area contributed by atoms with Crippen LogP contribution in [-0.4, -0.2) is 68.8 Å². The molecule has 160 valence electrons. The smallest absolute Gasteiger partial charge is 0.329 e. The summed E-state index contributed by atoms with van der Waals surface area (Å²) in [6.07, 6.45) is 0. The Morgan fingerprint density at radius 2 is 1.70 bits per heavy atom. The zero-order chi connectivity index (χ0) is 21.1. The molecule has 0 saturated carbocycles. The van der Waals surface area contributed by atoms with Gasteiger partial charge in [0.05, 0.1) is 13.2 Å². The van der Waals surface area contributed by atoms with Gasteiger partial charge >= 0.3 is 5.69 Å². The lowest BCUT2D eigenvalue weighted by Crippen LogP contribution is -2.45. The highest BCUT2D eigenvalue weighted by molar-refractivity contribution is 5.70. The fourth-order valence-corrected chi connectivity index (χ4v) is 3.97.